The minimum atomic E-state index is 0. The molecule has 0 heterocycles. The molecule has 0 saturated carbocycles. The number of rotatable bonds is 4. The first-order valence-corrected chi connectivity index (χ1v) is 10.2. The van der Waals surface area contributed by atoms with E-state index < -0.39 is 0 Å². The van der Waals surface area contributed by atoms with Gasteiger partial charge in [-0.3, -0.25) is 0 Å². The number of hydrogen-bond acceptors (Lipinski definition) is 0. The molecule has 0 nitrogen and oxygen atoms in total. The second kappa shape index (κ2) is 9.36. The van der Waals surface area contributed by atoms with Gasteiger partial charge >= 0.3 is 160 Å². The van der Waals surface area contributed by atoms with E-state index >= 15 is 0 Å². The number of fused-ring (bicyclic) bond motifs is 2. The van der Waals surface area contributed by atoms with E-state index in [-0.39, 0.29) is 24.8 Å². The fourth-order valence-corrected chi connectivity index (χ4v) is 4.85. The van der Waals surface area contributed by atoms with Crippen molar-refractivity contribution in [2.75, 3.05) is 0 Å². The van der Waals surface area contributed by atoms with Crippen LogP contribution < -0.4 is 24.8 Å². The van der Waals surface area contributed by atoms with E-state index in [9.17, 15) is 0 Å². The smallest absolute Gasteiger partial charge is 1.00 e. The normalized spacial score (nSPS) is 15.0. The van der Waals surface area contributed by atoms with E-state index in [0.717, 1.165) is 0 Å². The van der Waals surface area contributed by atoms with Crippen LogP contribution in [-0.2, 0) is 24.7 Å². The molecule has 1 aliphatic carbocycles. The standard InChI is InChI=1S/C23H21.2ClH.Zr/c1-2-3-7-17-14-20-10-6-11-22(23(20)15-17)21-13-12-18-8-4-5-9-19(18)16-21;;;/h4-6,8-16H,2-3,7H2,1H3;2*1H;/q;;;+2/p-2. The molecule has 1 aliphatic rings. The zero-order chi connectivity index (χ0) is 16.5. The summed E-state index contributed by atoms with van der Waals surface area (Å²) < 4.78 is 0.652. The van der Waals surface area contributed by atoms with E-state index in [0.29, 0.717) is 3.63 Å². The molecular formula is C23H21Cl2Zr. The summed E-state index contributed by atoms with van der Waals surface area (Å²) in [6, 6.07) is 22.3. The second-order valence-electron chi connectivity index (χ2n) is 6.63. The van der Waals surface area contributed by atoms with Crippen LogP contribution in [0.25, 0.3) is 28.0 Å². The van der Waals surface area contributed by atoms with Gasteiger partial charge in [0.25, 0.3) is 0 Å². The van der Waals surface area contributed by atoms with E-state index in [4.69, 9.17) is 0 Å². The van der Waals surface area contributed by atoms with Crippen molar-refractivity contribution < 1.29 is 49.5 Å². The van der Waals surface area contributed by atoms with Gasteiger partial charge in [-0.05, 0) is 0 Å². The van der Waals surface area contributed by atoms with Crippen LogP contribution in [0.4, 0.5) is 0 Å². The monoisotopic (exact) mass is 457 g/mol. The second-order valence-corrected chi connectivity index (χ2v) is 8.05. The third-order valence-corrected chi connectivity index (χ3v) is 6.71. The van der Waals surface area contributed by atoms with Crippen molar-refractivity contribution in [3.63, 3.8) is 0 Å². The summed E-state index contributed by atoms with van der Waals surface area (Å²) >= 11 is 1.61. The molecular weight excluding hydrogens is 438 g/mol. The summed E-state index contributed by atoms with van der Waals surface area (Å²) in [6.07, 6.45) is 6.30. The van der Waals surface area contributed by atoms with Gasteiger partial charge in [-0.2, -0.15) is 0 Å². The van der Waals surface area contributed by atoms with Gasteiger partial charge in [0, 0.05) is 0 Å². The SMILES string of the molecule is CCCCC1=Cc2c(-c3ccc4ccccc4c3)cccc2[CH]1[Zr+2].[Cl-].[Cl-]. The summed E-state index contributed by atoms with van der Waals surface area (Å²) in [7, 11) is 0. The molecule has 0 amide bonds. The first-order chi connectivity index (χ1) is 11.8. The van der Waals surface area contributed by atoms with Gasteiger partial charge in [0.05, 0.1) is 0 Å². The first-order valence-electron chi connectivity index (χ1n) is 8.81. The zero-order valence-corrected chi connectivity index (χ0v) is 18.8. The van der Waals surface area contributed by atoms with Gasteiger partial charge in [-0.25, -0.2) is 0 Å². The molecule has 3 aromatic rings. The van der Waals surface area contributed by atoms with Crippen LogP contribution in [0.3, 0.4) is 0 Å². The predicted molar refractivity (Wildman–Crippen MR) is 99.6 cm³/mol. The average Bonchev–Trinajstić information content (AvgIpc) is 2.95. The van der Waals surface area contributed by atoms with Gasteiger partial charge in [0.2, 0.25) is 0 Å². The Labute approximate surface area is 183 Å². The maximum Gasteiger partial charge on any atom is -1.00 e. The molecule has 0 bridgehead atoms. The Morgan fingerprint density at radius 2 is 1.65 bits per heavy atom. The largest absolute Gasteiger partial charge is 1.00 e. The molecule has 4 rings (SSSR count). The van der Waals surface area contributed by atoms with Crippen molar-refractivity contribution in [2.24, 2.45) is 0 Å². The van der Waals surface area contributed by atoms with Crippen molar-refractivity contribution in [2.45, 2.75) is 29.8 Å². The van der Waals surface area contributed by atoms with Gasteiger partial charge < -0.3 is 24.8 Å². The number of unbranched alkanes of at least 4 members (excludes halogenated alkanes) is 1. The van der Waals surface area contributed by atoms with Crippen molar-refractivity contribution in [1.29, 1.82) is 0 Å². The predicted octanol–water partition coefficient (Wildman–Crippen LogP) is 0.690. The molecule has 0 spiro atoms. The van der Waals surface area contributed by atoms with Crippen LogP contribution in [0.15, 0.2) is 66.2 Å². The Morgan fingerprint density at radius 3 is 2.42 bits per heavy atom. The molecule has 0 radical (unpaired) electrons. The quantitative estimate of drug-likeness (QED) is 0.539. The topological polar surface area (TPSA) is 0 Å². The van der Waals surface area contributed by atoms with Crippen LogP contribution in [-0.4, -0.2) is 0 Å². The van der Waals surface area contributed by atoms with Crippen LogP contribution >= 0.6 is 0 Å². The van der Waals surface area contributed by atoms with E-state index in [2.05, 4.69) is 73.7 Å². The molecule has 0 aromatic heterocycles. The maximum absolute atomic E-state index is 2.48. The summed E-state index contributed by atoms with van der Waals surface area (Å²) in [6.45, 7) is 2.28. The molecule has 0 N–H and O–H groups in total. The van der Waals surface area contributed by atoms with Crippen molar-refractivity contribution in [1.82, 2.24) is 0 Å². The third-order valence-electron chi connectivity index (χ3n) is 5.03. The third kappa shape index (κ3) is 4.01. The molecule has 3 aromatic carbocycles. The molecule has 131 valence electrons. The fraction of sp³-hybridized carbons (Fsp3) is 0.217. The molecule has 0 aliphatic heterocycles. The first kappa shape index (κ1) is 21.4. The number of benzene rings is 3. The molecule has 1 unspecified atom stereocenters. The van der Waals surface area contributed by atoms with E-state index in [1.807, 2.05) is 0 Å². The minimum Gasteiger partial charge on any atom is -1.00 e. The Bertz CT molecular complexity index is 930. The Kier molecular flexibility index (Phi) is 7.71. The summed E-state index contributed by atoms with van der Waals surface area (Å²) in [4.78, 5) is 0. The zero-order valence-electron chi connectivity index (χ0n) is 14.8. The van der Waals surface area contributed by atoms with Gasteiger partial charge in [0.1, 0.15) is 0 Å². The molecule has 0 fully saturated rings. The summed E-state index contributed by atoms with van der Waals surface area (Å²) in [5.41, 5.74) is 7.35. The van der Waals surface area contributed by atoms with E-state index in [1.54, 1.807) is 30.3 Å². The van der Waals surface area contributed by atoms with E-state index in [1.165, 1.54) is 52.3 Å². The van der Waals surface area contributed by atoms with Gasteiger partial charge in [-0.1, -0.05) is 0 Å². The number of allylic oxidation sites excluding steroid dienone is 1. The number of hydrogen-bond donors (Lipinski definition) is 0. The van der Waals surface area contributed by atoms with Crippen LogP contribution in [0.2, 0.25) is 0 Å². The van der Waals surface area contributed by atoms with Crippen LogP contribution in [0, 0.1) is 0 Å². The Morgan fingerprint density at radius 1 is 0.885 bits per heavy atom. The Hall–Kier alpha value is -0.877. The van der Waals surface area contributed by atoms with Gasteiger partial charge in [0.15, 0.2) is 0 Å². The van der Waals surface area contributed by atoms with Crippen LogP contribution in [0.1, 0.15) is 40.9 Å². The maximum atomic E-state index is 2.48. The summed E-state index contributed by atoms with van der Waals surface area (Å²) in [5.74, 6) is 0. The average molecular weight is 460 g/mol. The Balaban J connectivity index is 0.00000121. The molecule has 26 heavy (non-hydrogen) atoms. The molecule has 0 saturated heterocycles. The van der Waals surface area contributed by atoms with Gasteiger partial charge in [-0.15, -0.1) is 0 Å². The van der Waals surface area contributed by atoms with Crippen molar-refractivity contribution in [3.05, 3.63) is 77.4 Å². The van der Waals surface area contributed by atoms with Crippen LogP contribution in [0.5, 0.6) is 0 Å². The van der Waals surface area contributed by atoms with Crippen molar-refractivity contribution >= 4 is 16.8 Å². The van der Waals surface area contributed by atoms with Crippen molar-refractivity contribution in [3.8, 4) is 11.1 Å². The molecule has 1 atom stereocenters. The number of halogens is 2. The minimum absolute atomic E-state index is 0. The molecule has 3 heteroatoms. The fourth-order valence-electron chi connectivity index (χ4n) is 3.67. The summed E-state index contributed by atoms with van der Waals surface area (Å²) in [5, 5.41) is 2.63.